The number of carbonyl (C=O) groups is 1. The molecular weight excluding hydrogens is 362 g/mol. The number of carbonyl (C=O) groups excluding carboxylic acids is 1. The predicted molar refractivity (Wildman–Crippen MR) is 118 cm³/mol. The highest BCUT2D eigenvalue weighted by atomic mass is 16.1. The van der Waals surface area contributed by atoms with Crippen LogP contribution in [0.25, 0.3) is 0 Å². The molecule has 29 heavy (non-hydrogen) atoms. The van der Waals surface area contributed by atoms with Crippen LogP contribution < -0.4 is 15.5 Å². The molecule has 0 aliphatic carbocycles. The Balaban J connectivity index is 1.68. The van der Waals surface area contributed by atoms with Gasteiger partial charge < -0.3 is 15.5 Å². The fourth-order valence-corrected chi connectivity index (χ4v) is 3.13. The molecule has 0 unspecified atom stereocenters. The van der Waals surface area contributed by atoms with Gasteiger partial charge in [0.15, 0.2) is 0 Å². The molecule has 3 rings (SSSR count). The summed E-state index contributed by atoms with van der Waals surface area (Å²) in [5.41, 5.74) is 4.67. The van der Waals surface area contributed by atoms with Crippen LogP contribution in [-0.4, -0.2) is 29.0 Å². The van der Waals surface area contributed by atoms with Gasteiger partial charge in [-0.15, -0.1) is 0 Å². The Hall–Kier alpha value is -3.41. The molecule has 2 aromatic heterocycles. The number of nitrogens with zero attached hydrogens (tertiary/aromatic N) is 3. The first-order chi connectivity index (χ1) is 14.1. The third-order valence-electron chi connectivity index (χ3n) is 4.83. The molecule has 0 saturated heterocycles. The van der Waals surface area contributed by atoms with E-state index >= 15 is 0 Å². The molecule has 2 N–H and O–H groups in total. The summed E-state index contributed by atoms with van der Waals surface area (Å²) >= 11 is 0. The molecule has 1 aromatic carbocycles. The molecule has 6 nitrogen and oxygen atoms in total. The normalized spacial score (nSPS) is 10.4. The SMILES string of the molecule is CCN(CC)c1ccc(NC(=O)c2ccnc(NCc3ccncc3)c2)c(C)c1. The Morgan fingerprint density at radius 1 is 1.00 bits per heavy atom. The summed E-state index contributed by atoms with van der Waals surface area (Å²) in [6.45, 7) is 8.81. The second-order valence-electron chi connectivity index (χ2n) is 6.76. The predicted octanol–water partition coefficient (Wildman–Crippen LogP) is 4.50. The highest BCUT2D eigenvalue weighted by molar-refractivity contribution is 6.05. The maximum absolute atomic E-state index is 12.7. The zero-order valence-corrected chi connectivity index (χ0v) is 17.1. The highest BCUT2D eigenvalue weighted by Crippen LogP contribution is 2.23. The van der Waals surface area contributed by atoms with E-state index in [1.165, 1.54) is 0 Å². The summed E-state index contributed by atoms with van der Waals surface area (Å²) < 4.78 is 0. The zero-order chi connectivity index (χ0) is 20.6. The van der Waals surface area contributed by atoms with Crippen molar-refractivity contribution in [2.45, 2.75) is 27.3 Å². The Labute approximate surface area is 172 Å². The molecule has 0 spiro atoms. The number of amides is 1. The van der Waals surface area contributed by atoms with Crippen LogP contribution in [0.2, 0.25) is 0 Å². The van der Waals surface area contributed by atoms with Crippen molar-refractivity contribution in [1.82, 2.24) is 9.97 Å². The number of benzene rings is 1. The van der Waals surface area contributed by atoms with Crippen LogP contribution in [0.5, 0.6) is 0 Å². The third kappa shape index (κ3) is 5.31. The lowest BCUT2D eigenvalue weighted by Gasteiger charge is -2.22. The Morgan fingerprint density at radius 2 is 1.76 bits per heavy atom. The van der Waals surface area contributed by atoms with E-state index in [0.717, 1.165) is 35.6 Å². The first-order valence-corrected chi connectivity index (χ1v) is 9.86. The monoisotopic (exact) mass is 389 g/mol. The van der Waals surface area contributed by atoms with E-state index in [1.54, 1.807) is 30.7 Å². The van der Waals surface area contributed by atoms with Crippen LogP contribution in [-0.2, 0) is 6.54 Å². The fourth-order valence-electron chi connectivity index (χ4n) is 3.13. The van der Waals surface area contributed by atoms with Crippen LogP contribution in [0.4, 0.5) is 17.2 Å². The molecule has 0 saturated carbocycles. The zero-order valence-electron chi connectivity index (χ0n) is 17.1. The summed E-state index contributed by atoms with van der Waals surface area (Å²) in [5.74, 6) is 0.501. The number of aromatic nitrogens is 2. The average Bonchev–Trinajstić information content (AvgIpc) is 2.76. The number of hydrogen-bond acceptors (Lipinski definition) is 5. The minimum absolute atomic E-state index is 0.155. The Morgan fingerprint density at radius 3 is 2.45 bits per heavy atom. The first kappa shape index (κ1) is 20.3. The van der Waals surface area contributed by atoms with Gasteiger partial charge >= 0.3 is 0 Å². The number of rotatable bonds is 8. The van der Waals surface area contributed by atoms with Crippen molar-refractivity contribution in [3.05, 3.63) is 77.7 Å². The molecule has 0 atom stereocenters. The lowest BCUT2D eigenvalue weighted by molar-refractivity contribution is 0.102. The molecule has 150 valence electrons. The number of aryl methyl sites for hydroxylation is 1. The lowest BCUT2D eigenvalue weighted by Crippen LogP contribution is -2.22. The molecule has 0 aliphatic rings. The van der Waals surface area contributed by atoms with Gasteiger partial charge in [-0.05, 0) is 74.4 Å². The minimum atomic E-state index is -0.155. The van der Waals surface area contributed by atoms with Gasteiger partial charge in [-0.3, -0.25) is 9.78 Å². The van der Waals surface area contributed by atoms with Gasteiger partial charge in [-0.25, -0.2) is 4.98 Å². The van der Waals surface area contributed by atoms with Gasteiger partial charge in [0.1, 0.15) is 5.82 Å². The second kappa shape index (κ2) is 9.68. The maximum Gasteiger partial charge on any atom is 0.255 e. The van der Waals surface area contributed by atoms with Crippen molar-refractivity contribution in [2.24, 2.45) is 0 Å². The standard InChI is InChI=1S/C23H27N5O/c1-4-28(5-2)20-6-7-21(17(3)14-20)27-23(29)19-10-13-25-22(15-19)26-16-18-8-11-24-12-9-18/h6-15H,4-5,16H2,1-3H3,(H,25,26)(H,27,29). The van der Waals surface area contributed by atoms with Crippen molar-refractivity contribution in [2.75, 3.05) is 28.6 Å². The van der Waals surface area contributed by atoms with Gasteiger partial charge in [-0.1, -0.05) is 0 Å². The fraction of sp³-hybridized carbons (Fsp3) is 0.261. The van der Waals surface area contributed by atoms with Gasteiger partial charge in [0.25, 0.3) is 5.91 Å². The average molecular weight is 390 g/mol. The lowest BCUT2D eigenvalue weighted by atomic mass is 10.1. The molecule has 1 amide bonds. The summed E-state index contributed by atoms with van der Waals surface area (Å²) in [5, 5.41) is 6.25. The largest absolute Gasteiger partial charge is 0.372 e. The molecular formula is C23H27N5O. The van der Waals surface area contributed by atoms with Gasteiger partial charge in [0.05, 0.1) is 0 Å². The summed E-state index contributed by atoms with van der Waals surface area (Å²) in [7, 11) is 0. The van der Waals surface area contributed by atoms with Crippen molar-refractivity contribution in [3.63, 3.8) is 0 Å². The molecule has 2 heterocycles. The number of nitrogens with one attached hydrogen (secondary N) is 2. The summed E-state index contributed by atoms with van der Waals surface area (Å²) in [6.07, 6.45) is 5.14. The van der Waals surface area contributed by atoms with Crippen molar-refractivity contribution in [3.8, 4) is 0 Å². The smallest absolute Gasteiger partial charge is 0.255 e. The Kier molecular flexibility index (Phi) is 6.79. The Bertz CT molecular complexity index is 954. The van der Waals surface area contributed by atoms with E-state index in [4.69, 9.17) is 0 Å². The van der Waals surface area contributed by atoms with Crippen molar-refractivity contribution < 1.29 is 4.79 Å². The number of anilines is 3. The number of pyridine rings is 2. The van der Waals surface area contributed by atoms with E-state index < -0.39 is 0 Å². The van der Waals surface area contributed by atoms with Crippen molar-refractivity contribution >= 4 is 23.1 Å². The molecule has 0 aliphatic heterocycles. The molecule has 6 heteroatoms. The van der Waals surface area contributed by atoms with Gasteiger partial charge in [0.2, 0.25) is 0 Å². The molecule has 0 radical (unpaired) electrons. The molecule has 0 bridgehead atoms. The summed E-state index contributed by atoms with van der Waals surface area (Å²) in [4.78, 5) is 23.3. The van der Waals surface area contributed by atoms with Gasteiger partial charge in [-0.2, -0.15) is 0 Å². The second-order valence-corrected chi connectivity index (χ2v) is 6.76. The molecule has 0 fully saturated rings. The highest BCUT2D eigenvalue weighted by Gasteiger charge is 2.11. The van der Waals surface area contributed by atoms with E-state index in [0.29, 0.717) is 17.9 Å². The van der Waals surface area contributed by atoms with E-state index in [9.17, 15) is 4.79 Å². The van der Waals surface area contributed by atoms with E-state index in [2.05, 4.69) is 45.4 Å². The van der Waals surface area contributed by atoms with Crippen LogP contribution in [0.3, 0.4) is 0 Å². The summed E-state index contributed by atoms with van der Waals surface area (Å²) in [6, 6.07) is 13.5. The van der Waals surface area contributed by atoms with Crippen LogP contribution in [0, 0.1) is 6.92 Å². The third-order valence-corrected chi connectivity index (χ3v) is 4.83. The van der Waals surface area contributed by atoms with Gasteiger partial charge in [0, 0.05) is 55.2 Å². The number of hydrogen-bond donors (Lipinski definition) is 2. The maximum atomic E-state index is 12.7. The topological polar surface area (TPSA) is 70.2 Å². The van der Waals surface area contributed by atoms with Crippen LogP contribution in [0.15, 0.2) is 61.1 Å². The quantitative estimate of drug-likeness (QED) is 0.594. The molecule has 3 aromatic rings. The van der Waals surface area contributed by atoms with Crippen LogP contribution >= 0.6 is 0 Å². The van der Waals surface area contributed by atoms with E-state index in [-0.39, 0.29) is 5.91 Å². The first-order valence-electron chi connectivity index (χ1n) is 9.86. The van der Waals surface area contributed by atoms with Crippen molar-refractivity contribution in [1.29, 1.82) is 0 Å². The van der Waals surface area contributed by atoms with Crippen LogP contribution in [0.1, 0.15) is 35.3 Å². The van der Waals surface area contributed by atoms with E-state index in [1.807, 2.05) is 31.2 Å². The minimum Gasteiger partial charge on any atom is -0.372 e.